The van der Waals surface area contributed by atoms with Crippen LogP contribution in [0.25, 0.3) is 17.1 Å². The third-order valence-electron chi connectivity index (χ3n) is 4.94. The molecule has 5 nitrogen and oxygen atoms in total. The molecule has 0 bridgehead atoms. The van der Waals surface area contributed by atoms with Gasteiger partial charge in [-0.1, -0.05) is 19.1 Å². The monoisotopic (exact) mass is 366 g/mol. The minimum absolute atomic E-state index is 0.202. The number of nitrogens with zero attached hydrogens (tertiary/aromatic N) is 3. The summed E-state index contributed by atoms with van der Waals surface area (Å²) in [4.78, 5) is 2.39. The fraction of sp³-hybridized carbons (Fsp3) is 0.300. The lowest BCUT2D eigenvalue weighted by Gasteiger charge is -2.19. The average molecular weight is 366 g/mol. The van der Waals surface area contributed by atoms with Crippen molar-refractivity contribution < 1.29 is 5.11 Å². The molecule has 134 valence electrons. The van der Waals surface area contributed by atoms with Gasteiger partial charge in [-0.2, -0.15) is 5.10 Å². The number of benzene rings is 2. The first-order chi connectivity index (χ1) is 12.7. The molecular weight excluding hydrogens is 344 g/mol. The molecule has 1 saturated heterocycles. The van der Waals surface area contributed by atoms with Crippen molar-refractivity contribution in [1.82, 2.24) is 14.8 Å². The highest BCUT2D eigenvalue weighted by molar-refractivity contribution is 7.71. The highest BCUT2D eigenvalue weighted by Gasteiger charge is 2.17. The fourth-order valence-electron chi connectivity index (χ4n) is 3.50. The van der Waals surface area contributed by atoms with Crippen LogP contribution in [0, 0.1) is 4.77 Å². The molecule has 0 spiro atoms. The molecule has 0 amide bonds. The van der Waals surface area contributed by atoms with Crippen LogP contribution in [-0.4, -0.2) is 33.0 Å². The topological polar surface area (TPSA) is 57.1 Å². The molecule has 0 aliphatic carbocycles. The van der Waals surface area contributed by atoms with E-state index in [1.807, 2.05) is 28.8 Å². The van der Waals surface area contributed by atoms with E-state index in [9.17, 15) is 5.11 Å². The largest absolute Gasteiger partial charge is 0.507 e. The highest BCUT2D eigenvalue weighted by atomic mass is 32.1. The summed E-state index contributed by atoms with van der Waals surface area (Å²) in [7, 11) is 0. The van der Waals surface area contributed by atoms with E-state index in [2.05, 4.69) is 34.2 Å². The van der Waals surface area contributed by atoms with Crippen molar-refractivity contribution in [3.63, 3.8) is 0 Å². The molecule has 2 aromatic carbocycles. The van der Waals surface area contributed by atoms with Crippen LogP contribution in [0.3, 0.4) is 0 Å². The quantitative estimate of drug-likeness (QED) is 0.669. The summed E-state index contributed by atoms with van der Waals surface area (Å²) in [5.74, 6) is 0.828. The Kier molecular flexibility index (Phi) is 4.51. The van der Waals surface area contributed by atoms with E-state index in [0.29, 0.717) is 16.2 Å². The average Bonchev–Trinajstić information content (AvgIpc) is 3.32. The number of aromatic nitrogens is 3. The smallest absolute Gasteiger partial charge is 0.200 e. The highest BCUT2D eigenvalue weighted by Crippen LogP contribution is 2.32. The number of aromatic hydroxyl groups is 1. The number of hydrogen-bond acceptors (Lipinski definition) is 4. The molecule has 1 aliphatic heterocycles. The first-order valence-corrected chi connectivity index (χ1v) is 9.43. The van der Waals surface area contributed by atoms with Crippen LogP contribution >= 0.6 is 12.2 Å². The van der Waals surface area contributed by atoms with Crippen molar-refractivity contribution in [3.05, 3.63) is 52.8 Å². The van der Waals surface area contributed by atoms with E-state index < -0.39 is 0 Å². The lowest BCUT2D eigenvalue weighted by molar-refractivity contribution is 0.476. The van der Waals surface area contributed by atoms with Crippen molar-refractivity contribution in [3.8, 4) is 22.8 Å². The third kappa shape index (κ3) is 3.01. The first kappa shape index (κ1) is 16.8. The van der Waals surface area contributed by atoms with Gasteiger partial charge in [-0.3, -0.25) is 9.67 Å². The maximum absolute atomic E-state index is 10.4. The lowest BCUT2D eigenvalue weighted by atomic mass is 10.1. The molecule has 1 fully saturated rings. The zero-order valence-electron chi connectivity index (χ0n) is 14.8. The van der Waals surface area contributed by atoms with Gasteiger partial charge in [0.25, 0.3) is 0 Å². The second kappa shape index (κ2) is 6.96. The predicted molar refractivity (Wildman–Crippen MR) is 107 cm³/mol. The van der Waals surface area contributed by atoms with Crippen molar-refractivity contribution >= 4 is 17.9 Å². The Labute approximate surface area is 157 Å². The van der Waals surface area contributed by atoms with Gasteiger partial charge in [0.05, 0.1) is 11.3 Å². The van der Waals surface area contributed by atoms with Gasteiger partial charge in [0, 0.05) is 18.8 Å². The summed E-state index contributed by atoms with van der Waals surface area (Å²) in [6, 6.07) is 14.0. The van der Waals surface area contributed by atoms with Crippen LogP contribution in [-0.2, 0) is 6.42 Å². The first-order valence-electron chi connectivity index (χ1n) is 9.02. The number of phenols is 1. The Morgan fingerprint density at radius 3 is 2.65 bits per heavy atom. The third-order valence-corrected chi connectivity index (χ3v) is 5.22. The summed E-state index contributed by atoms with van der Waals surface area (Å²) in [6.07, 6.45) is 3.36. The van der Waals surface area contributed by atoms with Crippen LogP contribution in [0.2, 0.25) is 0 Å². The van der Waals surface area contributed by atoms with Gasteiger partial charge >= 0.3 is 0 Å². The van der Waals surface area contributed by atoms with E-state index in [1.54, 1.807) is 6.07 Å². The van der Waals surface area contributed by atoms with Crippen LogP contribution < -0.4 is 4.90 Å². The molecule has 0 radical (unpaired) electrons. The molecule has 2 heterocycles. The van der Waals surface area contributed by atoms with Gasteiger partial charge in [0.1, 0.15) is 5.75 Å². The van der Waals surface area contributed by atoms with Gasteiger partial charge in [0.15, 0.2) is 10.6 Å². The van der Waals surface area contributed by atoms with E-state index in [4.69, 9.17) is 12.2 Å². The van der Waals surface area contributed by atoms with E-state index in [1.165, 1.54) is 18.5 Å². The predicted octanol–water partition coefficient (Wildman–Crippen LogP) is 4.47. The Morgan fingerprint density at radius 1 is 1.12 bits per heavy atom. The second-order valence-corrected chi connectivity index (χ2v) is 6.99. The molecule has 1 aliphatic rings. The van der Waals surface area contributed by atoms with Crippen molar-refractivity contribution in [2.75, 3.05) is 18.0 Å². The molecule has 0 atom stereocenters. The summed E-state index contributed by atoms with van der Waals surface area (Å²) >= 11 is 5.49. The number of rotatable bonds is 4. The van der Waals surface area contributed by atoms with Crippen molar-refractivity contribution in [2.24, 2.45) is 0 Å². The number of hydrogen-bond donors (Lipinski definition) is 2. The van der Waals surface area contributed by atoms with Crippen LogP contribution in [0.1, 0.15) is 25.3 Å². The Bertz CT molecular complexity index is 985. The van der Waals surface area contributed by atoms with E-state index in [0.717, 1.165) is 30.8 Å². The minimum Gasteiger partial charge on any atom is -0.507 e. The number of H-pyrrole nitrogens is 1. The summed E-state index contributed by atoms with van der Waals surface area (Å²) < 4.78 is 2.41. The molecule has 6 heteroatoms. The molecular formula is C20H22N4OS. The van der Waals surface area contributed by atoms with Crippen molar-refractivity contribution in [1.29, 1.82) is 0 Å². The Morgan fingerprint density at radius 2 is 1.88 bits per heavy atom. The molecule has 2 N–H and O–H groups in total. The lowest BCUT2D eigenvalue weighted by Crippen LogP contribution is -2.17. The number of phenolic OH excluding ortho intramolecular Hbond substituents is 1. The minimum atomic E-state index is 0.202. The molecule has 4 rings (SSSR count). The summed E-state index contributed by atoms with van der Waals surface area (Å²) in [5, 5.41) is 17.7. The van der Waals surface area contributed by atoms with Crippen LogP contribution in [0.15, 0.2) is 42.5 Å². The van der Waals surface area contributed by atoms with Gasteiger partial charge in [-0.15, -0.1) is 0 Å². The van der Waals surface area contributed by atoms with Crippen LogP contribution in [0.5, 0.6) is 5.75 Å². The molecule has 3 aromatic rings. The van der Waals surface area contributed by atoms with E-state index >= 15 is 0 Å². The number of nitrogens with one attached hydrogen (secondary N) is 1. The zero-order chi connectivity index (χ0) is 18.1. The molecule has 26 heavy (non-hydrogen) atoms. The molecule has 0 unspecified atom stereocenters. The Balaban J connectivity index is 1.83. The number of aryl methyl sites for hydroxylation is 1. The van der Waals surface area contributed by atoms with E-state index in [-0.39, 0.29) is 5.75 Å². The number of aromatic amines is 1. The number of anilines is 1. The SMILES string of the molecule is CCc1ccc(O)c(-c2n[nH]c(=S)n2-c2cccc(N3CCCC3)c2)c1. The summed E-state index contributed by atoms with van der Waals surface area (Å²) in [5.41, 5.74) is 3.97. The van der Waals surface area contributed by atoms with Gasteiger partial charge in [-0.25, -0.2) is 0 Å². The van der Waals surface area contributed by atoms with Gasteiger partial charge < -0.3 is 10.0 Å². The van der Waals surface area contributed by atoms with Crippen LogP contribution in [0.4, 0.5) is 5.69 Å². The molecule has 0 saturated carbocycles. The van der Waals surface area contributed by atoms with Crippen molar-refractivity contribution in [2.45, 2.75) is 26.2 Å². The zero-order valence-corrected chi connectivity index (χ0v) is 15.6. The molecule has 1 aromatic heterocycles. The Hall–Kier alpha value is -2.60. The van der Waals surface area contributed by atoms with Gasteiger partial charge in [0.2, 0.25) is 0 Å². The summed E-state index contributed by atoms with van der Waals surface area (Å²) in [6.45, 7) is 4.27. The normalized spacial score (nSPS) is 14.1. The van der Waals surface area contributed by atoms with Gasteiger partial charge in [-0.05, 0) is 67.4 Å². The maximum atomic E-state index is 10.4. The second-order valence-electron chi connectivity index (χ2n) is 6.61. The fourth-order valence-corrected chi connectivity index (χ4v) is 3.74. The standard InChI is InChI=1S/C20H22N4OS/c1-2-14-8-9-18(25)17(12-14)19-21-22-20(26)24(19)16-7-5-6-15(13-16)23-10-3-4-11-23/h5-9,12-13,25H,2-4,10-11H2,1H3,(H,22,26). The maximum Gasteiger partial charge on any atom is 0.200 e.